The van der Waals surface area contributed by atoms with Gasteiger partial charge in [0.2, 0.25) is 0 Å². The molecule has 0 bridgehead atoms. The minimum absolute atomic E-state index is 0.0227. The first-order valence-corrected chi connectivity index (χ1v) is 6.56. The highest BCUT2D eigenvalue weighted by atomic mass is 16.4. The number of benzene rings is 1. The van der Waals surface area contributed by atoms with Gasteiger partial charge in [0.15, 0.2) is 0 Å². The number of hydrogen-bond donors (Lipinski definition) is 1. The van der Waals surface area contributed by atoms with Crippen LogP contribution in [0.2, 0.25) is 0 Å². The van der Waals surface area contributed by atoms with Gasteiger partial charge in [-0.25, -0.2) is 0 Å². The maximum Gasteiger partial charge on any atom is 0.308 e. The Balaban J connectivity index is 2.91. The summed E-state index contributed by atoms with van der Waals surface area (Å²) in [4.78, 5) is 25.1. The Labute approximate surface area is 114 Å². The summed E-state index contributed by atoms with van der Waals surface area (Å²) in [5.41, 5.74) is 0.598. The standard InChI is InChI=1S/C15H21NO3/c1-4-12(3)16(10-11(2)15(18)19)14(17)13-8-6-5-7-9-13/h5-9,11-12H,4,10H2,1-3H3,(H,18,19). The molecule has 4 nitrogen and oxygen atoms in total. The van der Waals surface area contributed by atoms with Crippen LogP contribution in [0, 0.1) is 5.92 Å². The van der Waals surface area contributed by atoms with Gasteiger partial charge in [-0.3, -0.25) is 9.59 Å². The lowest BCUT2D eigenvalue weighted by Gasteiger charge is -2.30. The smallest absolute Gasteiger partial charge is 0.308 e. The third-order valence-corrected chi connectivity index (χ3v) is 3.30. The Hall–Kier alpha value is -1.84. The minimum Gasteiger partial charge on any atom is -0.481 e. The van der Waals surface area contributed by atoms with Crippen molar-refractivity contribution >= 4 is 11.9 Å². The van der Waals surface area contributed by atoms with Gasteiger partial charge in [0.1, 0.15) is 0 Å². The number of nitrogens with zero attached hydrogens (tertiary/aromatic N) is 1. The average Bonchev–Trinajstić information content (AvgIpc) is 2.43. The third kappa shape index (κ3) is 4.09. The van der Waals surface area contributed by atoms with E-state index in [1.807, 2.05) is 32.0 Å². The van der Waals surface area contributed by atoms with Crippen LogP contribution in [0.5, 0.6) is 0 Å². The summed E-state index contributed by atoms with van der Waals surface area (Å²) in [6.45, 7) is 5.78. The Morgan fingerprint density at radius 1 is 1.21 bits per heavy atom. The van der Waals surface area contributed by atoms with Crippen molar-refractivity contribution in [1.29, 1.82) is 0 Å². The fraction of sp³-hybridized carbons (Fsp3) is 0.467. The molecule has 2 unspecified atom stereocenters. The molecule has 1 N–H and O–H groups in total. The summed E-state index contributed by atoms with van der Waals surface area (Å²) in [5, 5.41) is 9.00. The predicted octanol–water partition coefficient (Wildman–Crippen LogP) is 2.65. The van der Waals surface area contributed by atoms with E-state index >= 15 is 0 Å². The number of aliphatic carboxylic acids is 1. The number of amides is 1. The monoisotopic (exact) mass is 263 g/mol. The van der Waals surface area contributed by atoms with Crippen molar-refractivity contribution in [3.8, 4) is 0 Å². The zero-order valence-electron chi connectivity index (χ0n) is 11.7. The first-order chi connectivity index (χ1) is 8.97. The van der Waals surface area contributed by atoms with E-state index in [-0.39, 0.29) is 18.5 Å². The van der Waals surface area contributed by atoms with E-state index in [9.17, 15) is 9.59 Å². The Kier molecular flexibility index (Phi) is 5.55. The van der Waals surface area contributed by atoms with Gasteiger partial charge in [0, 0.05) is 18.2 Å². The van der Waals surface area contributed by atoms with Gasteiger partial charge in [-0.1, -0.05) is 32.0 Å². The van der Waals surface area contributed by atoms with Gasteiger partial charge in [-0.15, -0.1) is 0 Å². The number of carboxylic acids is 1. The van der Waals surface area contributed by atoms with Gasteiger partial charge < -0.3 is 10.0 Å². The van der Waals surface area contributed by atoms with Gasteiger partial charge >= 0.3 is 5.97 Å². The van der Waals surface area contributed by atoms with E-state index in [1.54, 1.807) is 24.0 Å². The second kappa shape index (κ2) is 6.92. The molecule has 0 fully saturated rings. The van der Waals surface area contributed by atoms with Crippen LogP contribution in [0.15, 0.2) is 30.3 Å². The summed E-state index contributed by atoms with van der Waals surface area (Å²) in [6, 6.07) is 9.00. The normalized spacial score (nSPS) is 13.6. The van der Waals surface area contributed by atoms with Crippen LogP contribution >= 0.6 is 0 Å². The summed E-state index contributed by atoms with van der Waals surface area (Å²) in [7, 11) is 0. The minimum atomic E-state index is -0.880. The zero-order chi connectivity index (χ0) is 14.4. The highest BCUT2D eigenvalue weighted by molar-refractivity contribution is 5.94. The van der Waals surface area contributed by atoms with Gasteiger partial charge in [0.05, 0.1) is 5.92 Å². The maximum atomic E-state index is 12.4. The molecule has 0 aliphatic rings. The molecule has 104 valence electrons. The Morgan fingerprint density at radius 2 is 1.79 bits per heavy atom. The summed E-state index contributed by atoms with van der Waals surface area (Å²) in [5.74, 6) is -1.56. The van der Waals surface area contributed by atoms with Crippen LogP contribution in [0.1, 0.15) is 37.6 Å². The summed E-state index contributed by atoms with van der Waals surface area (Å²) in [6.07, 6.45) is 0.797. The van der Waals surface area contributed by atoms with E-state index in [0.29, 0.717) is 5.56 Å². The zero-order valence-corrected chi connectivity index (χ0v) is 11.7. The Morgan fingerprint density at radius 3 is 2.26 bits per heavy atom. The van der Waals surface area contributed by atoms with Crippen LogP contribution < -0.4 is 0 Å². The topological polar surface area (TPSA) is 57.6 Å². The molecular weight excluding hydrogens is 242 g/mol. The second-order valence-corrected chi connectivity index (χ2v) is 4.82. The lowest BCUT2D eigenvalue weighted by atomic mass is 10.1. The quantitative estimate of drug-likeness (QED) is 0.858. The maximum absolute atomic E-state index is 12.4. The van der Waals surface area contributed by atoms with Crippen molar-refractivity contribution in [2.24, 2.45) is 5.92 Å². The number of carboxylic acid groups (broad SMARTS) is 1. The van der Waals surface area contributed by atoms with Crippen LogP contribution in [-0.2, 0) is 4.79 Å². The molecule has 1 aromatic rings. The SMILES string of the molecule is CCC(C)N(CC(C)C(=O)O)C(=O)c1ccccc1. The van der Waals surface area contributed by atoms with Crippen LogP contribution in [0.25, 0.3) is 0 Å². The third-order valence-electron chi connectivity index (χ3n) is 3.30. The molecule has 0 aromatic heterocycles. The van der Waals surface area contributed by atoms with Crippen molar-refractivity contribution in [2.45, 2.75) is 33.2 Å². The highest BCUT2D eigenvalue weighted by Gasteiger charge is 2.24. The molecule has 2 atom stereocenters. The van der Waals surface area contributed by atoms with Crippen molar-refractivity contribution in [1.82, 2.24) is 4.90 Å². The van der Waals surface area contributed by atoms with Crippen molar-refractivity contribution in [3.63, 3.8) is 0 Å². The largest absolute Gasteiger partial charge is 0.481 e. The van der Waals surface area contributed by atoms with E-state index in [1.165, 1.54) is 0 Å². The Bertz CT molecular complexity index is 430. The van der Waals surface area contributed by atoms with Gasteiger partial charge in [0.25, 0.3) is 5.91 Å². The van der Waals surface area contributed by atoms with E-state index < -0.39 is 11.9 Å². The molecule has 0 aliphatic heterocycles. The lowest BCUT2D eigenvalue weighted by Crippen LogP contribution is -2.42. The molecule has 0 radical (unpaired) electrons. The van der Waals surface area contributed by atoms with Gasteiger partial charge in [-0.2, -0.15) is 0 Å². The second-order valence-electron chi connectivity index (χ2n) is 4.82. The van der Waals surface area contributed by atoms with E-state index in [4.69, 9.17) is 5.11 Å². The molecular formula is C15H21NO3. The van der Waals surface area contributed by atoms with Crippen molar-refractivity contribution in [3.05, 3.63) is 35.9 Å². The molecule has 19 heavy (non-hydrogen) atoms. The molecule has 0 saturated heterocycles. The molecule has 1 rings (SSSR count). The highest BCUT2D eigenvalue weighted by Crippen LogP contribution is 2.13. The first kappa shape index (κ1) is 15.2. The van der Waals surface area contributed by atoms with E-state index in [2.05, 4.69) is 0 Å². The number of hydrogen-bond acceptors (Lipinski definition) is 2. The van der Waals surface area contributed by atoms with Crippen LogP contribution in [-0.4, -0.2) is 34.5 Å². The number of carbonyl (C=O) groups excluding carboxylic acids is 1. The number of rotatable bonds is 6. The van der Waals surface area contributed by atoms with E-state index in [0.717, 1.165) is 6.42 Å². The molecule has 0 spiro atoms. The molecule has 1 aromatic carbocycles. The average molecular weight is 263 g/mol. The fourth-order valence-corrected chi connectivity index (χ4v) is 1.80. The molecule has 4 heteroatoms. The van der Waals surface area contributed by atoms with Crippen molar-refractivity contribution in [2.75, 3.05) is 6.54 Å². The summed E-state index contributed by atoms with van der Waals surface area (Å²) >= 11 is 0. The van der Waals surface area contributed by atoms with Crippen LogP contribution in [0.3, 0.4) is 0 Å². The number of carbonyl (C=O) groups is 2. The molecule has 0 aliphatic carbocycles. The predicted molar refractivity (Wildman–Crippen MR) is 74.0 cm³/mol. The fourth-order valence-electron chi connectivity index (χ4n) is 1.80. The lowest BCUT2D eigenvalue weighted by molar-refractivity contribution is -0.141. The van der Waals surface area contributed by atoms with Crippen LogP contribution in [0.4, 0.5) is 0 Å². The first-order valence-electron chi connectivity index (χ1n) is 6.56. The van der Waals surface area contributed by atoms with Crippen molar-refractivity contribution < 1.29 is 14.7 Å². The molecule has 0 saturated carbocycles. The van der Waals surface area contributed by atoms with Gasteiger partial charge in [-0.05, 0) is 25.5 Å². The molecule has 0 heterocycles. The molecule has 1 amide bonds. The summed E-state index contributed by atoms with van der Waals surface area (Å²) < 4.78 is 0.